The van der Waals surface area contributed by atoms with E-state index >= 15 is 0 Å². The second kappa shape index (κ2) is 11.6. The van der Waals surface area contributed by atoms with Crippen molar-refractivity contribution in [1.29, 1.82) is 0 Å². The lowest BCUT2D eigenvalue weighted by Gasteiger charge is -2.29. The Morgan fingerprint density at radius 2 is 1.55 bits per heavy atom. The Morgan fingerprint density at radius 3 is 2.10 bits per heavy atom. The molecule has 1 saturated heterocycles. The van der Waals surface area contributed by atoms with E-state index in [4.69, 9.17) is 23.7 Å². The summed E-state index contributed by atoms with van der Waals surface area (Å²) in [7, 11) is 4.36. The van der Waals surface area contributed by atoms with Gasteiger partial charge in [-0.15, -0.1) is 0 Å². The highest BCUT2D eigenvalue weighted by Gasteiger charge is 2.29. The quantitative estimate of drug-likeness (QED) is 0.434. The number of carbonyl (C=O) groups excluding carboxylic acids is 2. The van der Waals surface area contributed by atoms with Crippen LogP contribution < -0.4 is 9.47 Å². The van der Waals surface area contributed by atoms with E-state index < -0.39 is 5.97 Å². The first kappa shape index (κ1) is 23.0. The average molecular weight is 409 g/mol. The molecule has 0 unspecified atom stereocenters. The van der Waals surface area contributed by atoms with Crippen LogP contribution in [-0.4, -0.2) is 64.8 Å². The number of esters is 1. The van der Waals surface area contributed by atoms with Crippen LogP contribution in [0.3, 0.4) is 0 Å². The molecular formula is C21H31NO7. The Labute approximate surface area is 172 Å². The van der Waals surface area contributed by atoms with Crippen molar-refractivity contribution in [2.24, 2.45) is 0 Å². The predicted molar refractivity (Wildman–Crippen MR) is 106 cm³/mol. The molecule has 1 aliphatic rings. The summed E-state index contributed by atoms with van der Waals surface area (Å²) in [4.78, 5) is 27.4. The Balaban J connectivity index is 2.62. The first-order chi connectivity index (χ1) is 14.1. The van der Waals surface area contributed by atoms with E-state index in [1.807, 2.05) is 11.8 Å². The standard InChI is InChI=1S/C21H31NO7/c1-5-15-16(11-19(23)27-4)20(21(24)22-9-7-6-8-10-22)18(29-14-26-3)12-17(15)28-13-25-2/h12H,5-11,13-14H2,1-4H3. The molecule has 162 valence electrons. The van der Waals surface area contributed by atoms with E-state index in [0.29, 0.717) is 42.1 Å². The SMILES string of the molecule is CCc1c(OCOC)cc(OCOC)c(C(=O)N2CCCCC2)c1CC(=O)OC. The molecule has 1 amide bonds. The molecule has 0 atom stereocenters. The van der Waals surface area contributed by atoms with Crippen molar-refractivity contribution < 1.29 is 33.3 Å². The van der Waals surface area contributed by atoms with Gasteiger partial charge in [0.25, 0.3) is 5.91 Å². The summed E-state index contributed by atoms with van der Waals surface area (Å²) in [5, 5.41) is 0. The van der Waals surface area contributed by atoms with Gasteiger partial charge in [0.15, 0.2) is 13.6 Å². The molecule has 0 aromatic heterocycles. The molecule has 0 aliphatic carbocycles. The molecule has 8 heteroatoms. The van der Waals surface area contributed by atoms with Gasteiger partial charge in [-0.2, -0.15) is 0 Å². The van der Waals surface area contributed by atoms with Gasteiger partial charge in [0.05, 0.1) is 19.1 Å². The van der Waals surface area contributed by atoms with Crippen LogP contribution in [0, 0.1) is 0 Å². The topological polar surface area (TPSA) is 83.5 Å². The maximum atomic E-state index is 13.5. The van der Waals surface area contributed by atoms with Gasteiger partial charge >= 0.3 is 5.97 Å². The van der Waals surface area contributed by atoms with Crippen LogP contribution in [0.25, 0.3) is 0 Å². The number of piperidine rings is 1. The normalized spacial score (nSPS) is 13.9. The summed E-state index contributed by atoms with van der Waals surface area (Å²) in [5.41, 5.74) is 1.70. The van der Waals surface area contributed by atoms with Gasteiger partial charge in [0.2, 0.25) is 0 Å². The Hall–Kier alpha value is -2.32. The van der Waals surface area contributed by atoms with Crippen LogP contribution in [0.2, 0.25) is 0 Å². The lowest BCUT2D eigenvalue weighted by atomic mass is 9.93. The van der Waals surface area contributed by atoms with E-state index in [-0.39, 0.29) is 25.9 Å². The van der Waals surface area contributed by atoms with Crippen molar-refractivity contribution in [2.75, 3.05) is 48.0 Å². The molecule has 0 bridgehead atoms. The largest absolute Gasteiger partial charge is 0.469 e. The van der Waals surface area contributed by atoms with Gasteiger partial charge in [-0.1, -0.05) is 6.92 Å². The number of methoxy groups -OCH3 is 3. The van der Waals surface area contributed by atoms with Gasteiger partial charge in [-0.3, -0.25) is 9.59 Å². The summed E-state index contributed by atoms with van der Waals surface area (Å²) < 4.78 is 26.4. The van der Waals surface area contributed by atoms with Crippen LogP contribution in [0.5, 0.6) is 11.5 Å². The van der Waals surface area contributed by atoms with Gasteiger partial charge in [0, 0.05) is 33.4 Å². The summed E-state index contributed by atoms with van der Waals surface area (Å²) in [5.74, 6) is 0.246. The molecule has 8 nitrogen and oxygen atoms in total. The first-order valence-corrected chi connectivity index (χ1v) is 9.85. The zero-order chi connectivity index (χ0) is 21.2. The van der Waals surface area contributed by atoms with Crippen LogP contribution in [0.4, 0.5) is 0 Å². The molecule has 2 rings (SSSR count). The zero-order valence-electron chi connectivity index (χ0n) is 17.7. The minimum Gasteiger partial charge on any atom is -0.469 e. The van der Waals surface area contributed by atoms with Crippen LogP contribution in [0.15, 0.2) is 6.07 Å². The second-order valence-corrected chi connectivity index (χ2v) is 6.77. The van der Waals surface area contributed by atoms with E-state index in [2.05, 4.69) is 0 Å². The molecule has 0 spiro atoms. The fraction of sp³-hybridized carbons (Fsp3) is 0.619. The highest BCUT2D eigenvalue weighted by atomic mass is 16.7. The number of amides is 1. The van der Waals surface area contributed by atoms with Crippen molar-refractivity contribution in [3.8, 4) is 11.5 Å². The number of ether oxygens (including phenoxy) is 5. The number of carbonyl (C=O) groups is 2. The van der Waals surface area contributed by atoms with Crippen LogP contribution >= 0.6 is 0 Å². The van der Waals surface area contributed by atoms with E-state index in [9.17, 15) is 9.59 Å². The van der Waals surface area contributed by atoms with Crippen molar-refractivity contribution in [2.45, 2.75) is 39.0 Å². The maximum absolute atomic E-state index is 13.5. The fourth-order valence-electron chi connectivity index (χ4n) is 3.50. The summed E-state index contributed by atoms with van der Waals surface area (Å²) in [6.07, 6.45) is 3.54. The monoisotopic (exact) mass is 409 g/mol. The van der Waals surface area contributed by atoms with Gasteiger partial charge in [-0.05, 0) is 36.8 Å². The lowest BCUT2D eigenvalue weighted by molar-refractivity contribution is -0.139. The molecule has 1 heterocycles. The van der Waals surface area contributed by atoms with Crippen molar-refractivity contribution in [1.82, 2.24) is 4.90 Å². The molecule has 1 aromatic rings. The van der Waals surface area contributed by atoms with Crippen molar-refractivity contribution in [3.05, 3.63) is 22.8 Å². The second-order valence-electron chi connectivity index (χ2n) is 6.77. The Kier molecular flexibility index (Phi) is 9.21. The highest BCUT2D eigenvalue weighted by molar-refractivity contribution is 6.00. The van der Waals surface area contributed by atoms with Crippen LogP contribution in [0.1, 0.15) is 47.7 Å². The highest BCUT2D eigenvalue weighted by Crippen LogP contribution is 2.36. The molecule has 0 N–H and O–H groups in total. The van der Waals surface area contributed by atoms with E-state index in [0.717, 1.165) is 24.8 Å². The number of rotatable bonds is 10. The maximum Gasteiger partial charge on any atom is 0.310 e. The number of hydrogen-bond donors (Lipinski definition) is 0. The third-order valence-corrected chi connectivity index (χ3v) is 4.90. The Bertz CT molecular complexity index is 699. The molecule has 1 fully saturated rings. The zero-order valence-corrected chi connectivity index (χ0v) is 17.7. The number of nitrogens with zero attached hydrogens (tertiary/aromatic N) is 1. The van der Waals surface area contributed by atoms with Gasteiger partial charge in [-0.25, -0.2) is 0 Å². The number of benzene rings is 1. The molecule has 1 aromatic carbocycles. The lowest BCUT2D eigenvalue weighted by Crippen LogP contribution is -2.36. The Morgan fingerprint density at radius 1 is 0.931 bits per heavy atom. The third-order valence-electron chi connectivity index (χ3n) is 4.90. The van der Waals surface area contributed by atoms with Crippen molar-refractivity contribution in [3.63, 3.8) is 0 Å². The minimum atomic E-state index is -0.436. The van der Waals surface area contributed by atoms with E-state index in [1.165, 1.54) is 21.3 Å². The van der Waals surface area contributed by atoms with Crippen molar-refractivity contribution >= 4 is 11.9 Å². The average Bonchev–Trinajstić information content (AvgIpc) is 2.76. The molecular weight excluding hydrogens is 378 g/mol. The molecule has 0 saturated carbocycles. The third kappa shape index (κ3) is 5.83. The van der Waals surface area contributed by atoms with Crippen LogP contribution in [-0.2, 0) is 31.8 Å². The minimum absolute atomic E-state index is 0.0346. The smallest absolute Gasteiger partial charge is 0.310 e. The number of hydrogen-bond acceptors (Lipinski definition) is 7. The summed E-state index contributed by atoms with van der Waals surface area (Å²) >= 11 is 0. The fourth-order valence-corrected chi connectivity index (χ4v) is 3.50. The summed E-state index contributed by atoms with van der Waals surface area (Å²) in [6.45, 7) is 3.31. The van der Waals surface area contributed by atoms with Gasteiger partial charge < -0.3 is 28.6 Å². The molecule has 29 heavy (non-hydrogen) atoms. The molecule has 1 aliphatic heterocycles. The van der Waals surface area contributed by atoms with E-state index in [1.54, 1.807) is 6.07 Å². The first-order valence-electron chi connectivity index (χ1n) is 9.85. The predicted octanol–water partition coefficient (Wildman–Crippen LogP) is 2.56. The molecule has 0 radical (unpaired) electrons. The summed E-state index contributed by atoms with van der Waals surface area (Å²) in [6, 6.07) is 1.68. The van der Waals surface area contributed by atoms with Gasteiger partial charge in [0.1, 0.15) is 11.5 Å². The number of likely N-dealkylation sites (tertiary alicyclic amines) is 1.